The van der Waals surface area contributed by atoms with Gasteiger partial charge in [-0.3, -0.25) is 0 Å². The van der Waals surface area contributed by atoms with Crippen LogP contribution >= 0.6 is 15.9 Å². The van der Waals surface area contributed by atoms with E-state index in [1.54, 1.807) is 19.2 Å². The van der Waals surface area contributed by atoms with Crippen molar-refractivity contribution in [2.75, 3.05) is 7.11 Å². The van der Waals surface area contributed by atoms with Crippen LogP contribution in [-0.2, 0) is 0 Å². The number of hydrogen-bond acceptors (Lipinski definition) is 3. The predicted molar refractivity (Wildman–Crippen MR) is 53.2 cm³/mol. The van der Waals surface area contributed by atoms with Gasteiger partial charge in [-0.15, -0.1) is 0 Å². The van der Waals surface area contributed by atoms with E-state index >= 15 is 0 Å². The maximum atomic E-state index is 8.64. The summed E-state index contributed by atoms with van der Waals surface area (Å²) in [5.74, 6) is 0.698. The lowest BCUT2D eigenvalue weighted by Gasteiger charge is -2.08. The number of nitriles is 1. The molecule has 13 heavy (non-hydrogen) atoms. The Balaban J connectivity index is 3.12. The summed E-state index contributed by atoms with van der Waals surface area (Å²) < 4.78 is 5.84. The van der Waals surface area contributed by atoms with E-state index < -0.39 is 6.04 Å². The number of benzene rings is 1. The highest BCUT2D eigenvalue weighted by Crippen LogP contribution is 2.26. The van der Waals surface area contributed by atoms with Gasteiger partial charge in [0.05, 0.1) is 13.2 Å². The summed E-state index contributed by atoms with van der Waals surface area (Å²) in [6, 6.07) is 6.71. The summed E-state index contributed by atoms with van der Waals surface area (Å²) in [5, 5.41) is 8.64. The molecular formula is C9H9BrN2O. The predicted octanol–water partition coefficient (Wildman–Crippen LogP) is 1.98. The van der Waals surface area contributed by atoms with Gasteiger partial charge in [-0.05, 0) is 18.2 Å². The molecule has 4 heteroatoms. The van der Waals surface area contributed by atoms with E-state index in [4.69, 9.17) is 15.7 Å². The fraction of sp³-hybridized carbons (Fsp3) is 0.222. The molecule has 0 aliphatic heterocycles. The third kappa shape index (κ3) is 2.20. The summed E-state index contributed by atoms with van der Waals surface area (Å²) >= 11 is 3.31. The van der Waals surface area contributed by atoms with Crippen LogP contribution in [0.3, 0.4) is 0 Å². The van der Waals surface area contributed by atoms with Crippen LogP contribution in [0.4, 0.5) is 0 Å². The van der Waals surface area contributed by atoms with Crippen LogP contribution in [0.5, 0.6) is 5.75 Å². The fourth-order valence-electron chi connectivity index (χ4n) is 0.957. The number of hydrogen-bond donors (Lipinski definition) is 1. The number of halogens is 1. The second kappa shape index (κ2) is 4.26. The van der Waals surface area contributed by atoms with E-state index in [2.05, 4.69) is 15.9 Å². The molecule has 0 bridgehead atoms. The van der Waals surface area contributed by atoms with E-state index in [1.807, 2.05) is 12.1 Å². The van der Waals surface area contributed by atoms with E-state index in [0.717, 1.165) is 10.0 Å². The standard InChI is InChI=1S/C9H9BrN2O/c1-13-6-2-3-8(10)7(4-6)9(12)5-11/h2-4,9H,12H2,1H3/t9-/m1/s1. The Morgan fingerprint density at radius 1 is 1.62 bits per heavy atom. The van der Waals surface area contributed by atoms with Gasteiger partial charge in [0.2, 0.25) is 0 Å². The van der Waals surface area contributed by atoms with Crippen LogP contribution in [0, 0.1) is 11.3 Å². The van der Waals surface area contributed by atoms with Gasteiger partial charge < -0.3 is 10.5 Å². The van der Waals surface area contributed by atoms with Crippen molar-refractivity contribution >= 4 is 15.9 Å². The first-order valence-corrected chi connectivity index (χ1v) is 4.47. The molecule has 0 spiro atoms. The lowest BCUT2D eigenvalue weighted by atomic mass is 10.1. The summed E-state index contributed by atoms with van der Waals surface area (Å²) in [6.45, 7) is 0. The van der Waals surface area contributed by atoms with Crippen molar-refractivity contribution in [3.05, 3.63) is 28.2 Å². The highest BCUT2D eigenvalue weighted by Gasteiger charge is 2.09. The van der Waals surface area contributed by atoms with Gasteiger partial charge in [0.1, 0.15) is 11.8 Å². The van der Waals surface area contributed by atoms with Crippen molar-refractivity contribution in [2.45, 2.75) is 6.04 Å². The number of methoxy groups -OCH3 is 1. The number of nitrogens with zero attached hydrogens (tertiary/aromatic N) is 1. The van der Waals surface area contributed by atoms with Gasteiger partial charge in [-0.1, -0.05) is 15.9 Å². The molecule has 2 N–H and O–H groups in total. The molecule has 0 saturated heterocycles. The summed E-state index contributed by atoms with van der Waals surface area (Å²) in [7, 11) is 1.57. The quantitative estimate of drug-likeness (QED) is 0.861. The highest BCUT2D eigenvalue weighted by atomic mass is 79.9. The SMILES string of the molecule is COc1ccc(Br)c([C@H](N)C#N)c1. The van der Waals surface area contributed by atoms with Crippen molar-refractivity contribution < 1.29 is 4.74 Å². The second-order valence-corrected chi connectivity index (χ2v) is 3.35. The van der Waals surface area contributed by atoms with Crippen LogP contribution < -0.4 is 10.5 Å². The second-order valence-electron chi connectivity index (χ2n) is 2.49. The van der Waals surface area contributed by atoms with Crippen molar-refractivity contribution in [3.8, 4) is 11.8 Å². The zero-order valence-electron chi connectivity index (χ0n) is 7.12. The molecule has 1 aromatic carbocycles. The molecule has 0 heterocycles. The van der Waals surface area contributed by atoms with Gasteiger partial charge in [0.15, 0.2) is 0 Å². The van der Waals surface area contributed by atoms with Crippen LogP contribution in [0.25, 0.3) is 0 Å². The molecule has 1 rings (SSSR count). The van der Waals surface area contributed by atoms with Gasteiger partial charge in [0, 0.05) is 10.0 Å². The minimum atomic E-state index is -0.621. The minimum Gasteiger partial charge on any atom is -0.497 e. The van der Waals surface area contributed by atoms with Gasteiger partial charge in [-0.25, -0.2) is 0 Å². The Labute approximate surface area is 85.2 Å². The monoisotopic (exact) mass is 240 g/mol. The van der Waals surface area contributed by atoms with Crippen molar-refractivity contribution in [2.24, 2.45) is 5.73 Å². The molecule has 3 nitrogen and oxygen atoms in total. The average molecular weight is 241 g/mol. The maximum absolute atomic E-state index is 8.64. The molecule has 0 aromatic heterocycles. The normalized spacial score (nSPS) is 11.8. The van der Waals surface area contributed by atoms with Crippen molar-refractivity contribution in [1.82, 2.24) is 0 Å². The first-order valence-electron chi connectivity index (χ1n) is 3.67. The summed E-state index contributed by atoms with van der Waals surface area (Å²) in [5.41, 5.74) is 6.31. The molecule has 0 amide bonds. The third-order valence-corrected chi connectivity index (χ3v) is 2.40. The largest absolute Gasteiger partial charge is 0.497 e. The topological polar surface area (TPSA) is 59.0 Å². The van der Waals surface area contributed by atoms with Crippen LogP contribution in [0.1, 0.15) is 11.6 Å². The van der Waals surface area contributed by atoms with Crippen LogP contribution in [0.15, 0.2) is 22.7 Å². The molecule has 0 radical (unpaired) electrons. The van der Waals surface area contributed by atoms with Gasteiger partial charge in [-0.2, -0.15) is 5.26 Å². The molecular weight excluding hydrogens is 232 g/mol. The molecule has 0 aliphatic carbocycles. The fourth-order valence-corrected chi connectivity index (χ4v) is 1.45. The Kier molecular flexibility index (Phi) is 3.29. The Morgan fingerprint density at radius 3 is 2.85 bits per heavy atom. The zero-order valence-corrected chi connectivity index (χ0v) is 8.71. The Morgan fingerprint density at radius 2 is 2.31 bits per heavy atom. The average Bonchev–Trinajstić information content (AvgIpc) is 2.17. The third-order valence-electron chi connectivity index (χ3n) is 1.68. The lowest BCUT2D eigenvalue weighted by molar-refractivity contribution is 0.414. The van der Waals surface area contributed by atoms with E-state index in [1.165, 1.54) is 0 Å². The highest BCUT2D eigenvalue weighted by molar-refractivity contribution is 9.10. The maximum Gasteiger partial charge on any atom is 0.120 e. The molecule has 1 atom stereocenters. The number of nitrogens with two attached hydrogens (primary N) is 1. The van der Waals surface area contributed by atoms with Gasteiger partial charge >= 0.3 is 0 Å². The van der Waals surface area contributed by atoms with E-state index in [9.17, 15) is 0 Å². The first kappa shape index (κ1) is 10.0. The number of ether oxygens (including phenoxy) is 1. The molecule has 0 unspecified atom stereocenters. The minimum absolute atomic E-state index is 0.621. The summed E-state index contributed by atoms with van der Waals surface area (Å²) in [4.78, 5) is 0. The molecule has 1 aromatic rings. The lowest BCUT2D eigenvalue weighted by Crippen LogP contribution is -2.08. The zero-order chi connectivity index (χ0) is 9.84. The van der Waals surface area contributed by atoms with E-state index in [-0.39, 0.29) is 0 Å². The first-order chi connectivity index (χ1) is 6.19. The molecule has 0 saturated carbocycles. The van der Waals surface area contributed by atoms with Crippen molar-refractivity contribution in [1.29, 1.82) is 5.26 Å². The number of rotatable bonds is 2. The van der Waals surface area contributed by atoms with Gasteiger partial charge in [0.25, 0.3) is 0 Å². The van der Waals surface area contributed by atoms with E-state index in [0.29, 0.717) is 5.75 Å². The van der Waals surface area contributed by atoms with Crippen molar-refractivity contribution in [3.63, 3.8) is 0 Å². The molecule has 68 valence electrons. The molecule has 0 aliphatic rings. The van der Waals surface area contributed by atoms with Crippen LogP contribution in [-0.4, -0.2) is 7.11 Å². The van der Waals surface area contributed by atoms with Crippen LogP contribution in [0.2, 0.25) is 0 Å². The Bertz CT molecular complexity index is 346. The smallest absolute Gasteiger partial charge is 0.120 e. The molecule has 0 fully saturated rings. The summed E-state index contributed by atoms with van der Waals surface area (Å²) in [6.07, 6.45) is 0. The Hall–Kier alpha value is -1.05.